The van der Waals surface area contributed by atoms with Crippen molar-refractivity contribution in [2.24, 2.45) is 16.6 Å². The summed E-state index contributed by atoms with van der Waals surface area (Å²) in [4.78, 5) is 31.1. The van der Waals surface area contributed by atoms with Crippen LogP contribution in [0.2, 0.25) is 0 Å². The van der Waals surface area contributed by atoms with E-state index in [1.807, 2.05) is 31.2 Å². The van der Waals surface area contributed by atoms with Crippen LogP contribution in [0.4, 0.5) is 0 Å². The lowest BCUT2D eigenvalue weighted by atomic mass is 9.91. The number of nitrogens with zero attached hydrogens (tertiary/aromatic N) is 2. The molecule has 0 bridgehead atoms. The van der Waals surface area contributed by atoms with Crippen LogP contribution in [-0.4, -0.2) is 28.1 Å². The zero-order valence-electron chi connectivity index (χ0n) is 17.8. The fraction of sp³-hybridized carbons (Fsp3) is 0.609. The molecule has 1 amide bonds. The summed E-state index contributed by atoms with van der Waals surface area (Å²) in [6.07, 6.45) is 6.21. The summed E-state index contributed by atoms with van der Waals surface area (Å²) in [5, 5.41) is 0. The molecule has 5 nitrogen and oxygen atoms in total. The third kappa shape index (κ3) is 5.91. The molecule has 0 radical (unpaired) electrons. The average Bonchev–Trinajstić information content (AvgIpc) is 2.81. The van der Waals surface area contributed by atoms with Gasteiger partial charge in [0.05, 0.1) is 6.54 Å². The Morgan fingerprint density at radius 3 is 2.61 bits per heavy atom. The topological polar surface area (TPSA) is 75.8 Å². The lowest BCUT2D eigenvalue weighted by Crippen LogP contribution is -2.43. The molecular formula is C23H35N3O2. The minimum Gasteiger partial charge on any atom is -0.369 e. The molecule has 0 fully saturated rings. The summed E-state index contributed by atoms with van der Waals surface area (Å²) in [6, 6.07) is 7.88. The van der Waals surface area contributed by atoms with Crippen LogP contribution >= 0.6 is 0 Å². The first-order chi connectivity index (χ1) is 13.2. The number of Topliss-reactive ketones (excluding diaryl/α,β-unsaturated/α-hetero) is 1. The second-order valence-corrected chi connectivity index (χ2v) is 8.58. The van der Waals surface area contributed by atoms with Crippen LogP contribution in [0.3, 0.4) is 0 Å². The van der Waals surface area contributed by atoms with E-state index in [9.17, 15) is 9.59 Å². The Labute approximate surface area is 169 Å². The Bertz CT molecular complexity index is 726. The molecule has 2 N–H and O–H groups in total. The van der Waals surface area contributed by atoms with Crippen LogP contribution in [0.1, 0.15) is 77.3 Å². The highest BCUT2D eigenvalue weighted by Crippen LogP contribution is 2.29. The minimum absolute atomic E-state index is 0.0453. The fourth-order valence-electron chi connectivity index (χ4n) is 3.92. The first-order valence-electron chi connectivity index (χ1n) is 10.5. The monoisotopic (exact) mass is 385 g/mol. The van der Waals surface area contributed by atoms with Gasteiger partial charge in [0.2, 0.25) is 0 Å². The number of carbonyl (C=O) groups excluding carboxylic acids is 2. The predicted octanol–water partition coefficient (Wildman–Crippen LogP) is 4.23. The van der Waals surface area contributed by atoms with Crippen molar-refractivity contribution in [1.82, 2.24) is 4.90 Å². The number of unbranched alkanes of at least 4 members (excludes halogenated alkanes) is 3. The van der Waals surface area contributed by atoms with Gasteiger partial charge in [-0.05, 0) is 36.8 Å². The van der Waals surface area contributed by atoms with E-state index < -0.39 is 5.54 Å². The van der Waals surface area contributed by atoms with Gasteiger partial charge in [-0.2, -0.15) is 0 Å². The van der Waals surface area contributed by atoms with Crippen molar-refractivity contribution in [3.05, 3.63) is 35.4 Å². The van der Waals surface area contributed by atoms with Crippen LogP contribution in [0.15, 0.2) is 29.3 Å². The van der Waals surface area contributed by atoms with Crippen LogP contribution in [-0.2, 0) is 22.6 Å². The van der Waals surface area contributed by atoms with Gasteiger partial charge in [0.25, 0.3) is 5.91 Å². The van der Waals surface area contributed by atoms with Crippen molar-refractivity contribution in [1.29, 1.82) is 0 Å². The summed E-state index contributed by atoms with van der Waals surface area (Å²) < 4.78 is 0. The van der Waals surface area contributed by atoms with Crippen molar-refractivity contribution < 1.29 is 9.59 Å². The minimum atomic E-state index is -0.773. The maximum atomic E-state index is 12.9. The molecule has 0 saturated carbocycles. The number of aliphatic imine (C=N–C) groups is 1. The number of guanidine groups is 1. The van der Waals surface area contributed by atoms with E-state index >= 15 is 0 Å². The molecule has 0 aromatic heterocycles. The number of carbonyl (C=O) groups is 2. The number of nitrogens with two attached hydrogens (primary N) is 1. The molecule has 1 unspecified atom stereocenters. The Balaban J connectivity index is 1.98. The molecule has 1 aromatic carbocycles. The second-order valence-electron chi connectivity index (χ2n) is 8.58. The van der Waals surface area contributed by atoms with E-state index in [0.717, 1.165) is 24.0 Å². The largest absolute Gasteiger partial charge is 0.369 e. The molecule has 1 atom stereocenters. The van der Waals surface area contributed by atoms with Gasteiger partial charge < -0.3 is 5.73 Å². The molecule has 5 heteroatoms. The van der Waals surface area contributed by atoms with Crippen LogP contribution in [0.25, 0.3) is 0 Å². The first kappa shape index (κ1) is 22.1. The number of hydrogen-bond donors (Lipinski definition) is 1. The average molecular weight is 386 g/mol. The lowest BCUT2D eigenvalue weighted by molar-refractivity contribution is -0.131. The van der Waals surface area contributed by atoms with Gasteiger partial charge in [-0.1, -0.05) is 64.3 Å². The second kappa shape index (κ2) is 9.85. The van der Waals surface area contributed by atoms with Crippen molar-refractivity contribution in [2.45, 2.75) is 84.7 Å². The van der Waals surface area contributed by atoms with Gasteiger partial charge in [0, 0.05) is 12.8 Å². The number of amides is 1. The van der Waals surface area contributed by atoms with Crippen molar-refractivity contribution in [3.8, 4) is 0 Å². The molecule has 1 heterocycles. The lowest BCUT2D eigenvalue weighted by Gasteiger charge is -2.23. The normalized spacial score (nSPS) is 19.4. The molecule has 2 rings (SSSR count). The highest BCUT2D eigenvalue weighted by molar-refractivity contribution is 6.06. The van der Waals surface area contributed by atoms with Gasteiger partial charge in [0.15, 0.2) is 5.96 Å². The Kier molecular flexibility index (Phi) is 7.78. The predicted molar refractivity (Wildman–Crippen MR) is 114 cm³/mol. The fourth-order valence-corrected chi connectivity index (χ4v) is 3.92. The number of ketones is 1. The maximum absolute atomic E-state index is 12.9. The van der Waals surface area contributed by atoms with Crippen LogP contribution in [0, 0.1) is 5.92 Å². The zero-order valence-corrected chi connectivity index (χ0v) is 17.8. The summed E-state index contributed by atoms with van der Waals surface area (Å²) in [5.74, 6) is 0.870. The Morgan fingerprint density at radius 1 is 1.21 bits per heavy atom. The third-order valence-corrected chi connectivity index (χ3v) is 5.19. The summed E-state index contributed by atoms with van der Waals surface area (Å²) in [5.41, 5.74) is 7.25. The molecule has 154 valence electrons. The summed E-state index contributed by atoms with van der Waals surface area (Å²) in [6.45, 7) is 8.57. The van der Waals surface area contributed by atoms with Crippen LogP contribution < -0.4 is 5.73 Å². The Hall–Kier alpha value is -2.17. The van der Waals surface area contributed by atoms with Gasteiger partial charge in [0.1, 0.15) is 11.3 Å². The summed E-state index contributed by atoms with van der Waals surface area (Å²) in [7, 11) is 0. The molecular weight excluding hydrogens is 350 g/mol. The Morgan fingerprint density at radius 2 is 1.93 bits per heavy atom. The van der Waals surface area contributed by atoms with Gasteiger partial charge in [-0.3, -0.25) is 14.5 Å². The number of hydrogen-bond acceptors (Lipinski definition) is 4. The smallest absolute Gasteiger partial charge is 0.257 e. The quantitative estimate of drug-likeness (QED) is 0.579. The van der Waals surface area contributed by atoms with Gasteiger partial charge in [-0.15, -0.1) is 0 Å². The zero-order chi connectivity index (χ0) is 20.7. The van der Waals surface area contributed by atoms with E-state index in [1.165, 1.54) is 12.8 Å². The third-order valence-electron chi connectivity index (χ3n) is 5.19. The van der Waals surface area contributed by atoms with Crippen molar-refractivity contribution >= 4 is 17.6 Å². The van der Waals surface area contributed by atoms with Crippen molar-refractivity contribution in [3.63, 3.8) is 0 Å². The summed E-state index contributed by atoms with van der Waals surface area (Å²) >= 11 is 0. The first-order valence-corrected chi connectivity index (χ1v) is 10.5. The molecule has 1 aliphatic heterocycles. The van der Waals surface area contributed by atoms with E-state index in [0.29, 0.717) is 31.7 Å². The van der Waals surface area contributed by atoms with Crippen molar-refractivity contribution in [2.75, 3.05) is 0 Å². The van der Waals surface area contributed by atoms with E-state index in [1.54, 1.807) is 4.90 Å². The molecule has 28 heavy (non-hydrogen) atoms. The molecule has 1 aliphatic rings. The van der Waals surface area contributed by atoms with E-state index in [2.05, 4.69) is 25.8 Å². The number of benzene rings is 1. The van der Waals surface area contributed by atoms with Gasteiger partial charge in [-0.25, -0.2) is 4.99 Å². The van der Waals surface area contributed by atoms with Gasteiger partial charge >= 0.3 is 0 Å². The SMILES string of the molecule is CCCCCCC(=O)Cc1cccc(CN2C(=O)C(C)(CC(C)C)N=C2N)c1. The maximum Gasteiger partial charge on any atom is 0.257 e. The highest BCUT2D eigenvalue weighted by atomic mass is 16.2. The molecule has 0 saturated heterocycles. The molecule has 1 aromatic rings. The number of rotatable bonds is 11. The van der Waals surface area contributed by atoms with E-state index in [4.69, 9.17) is 5.73 Å². The van der Waals surface area contributed by atoms with E-state index in [-0.39, 0.29) is 17.6 Å². The van der Waals surface area contributed by atoms with Crippen LogP contribution in [0.5, 0.6) is 0 Å². The molecule has 0 spiro atoms. The highest BCUT2D eigenvalue weighted by Gasteiger charge is 2.43. The standard InChI is InChI=1S/C23H35N3O2/c1-5-6-7-8-12-20(27)14-18-10-9-11-19(13-18)16-26-21(28)23(4,15-17(2)3)25-22(26)24/h9-11,13,17H,5-8,12,14-16H2,1-4H3,(H2,24,25). The molecule has 0 aliphatic carbocycles.